The number of hydrogen-bond acceptors (Lipinski definition) is 3. The molecule has 1 aromatic heterocycles. The van der Waals surface area contributed by atoms with Crippen LogP contribution in [0.5, 0.6) is 0 Å². The van der Waals surface area contributed by atoms with Crippen molar-refractivity contribution in [2.75, 3.05) is 19.6 Å². The summed E-state index contributed by atoms with van der Waals surface area (Å²) in [4.78, 5) is 18.2. The van der Waals surface area contributed by atoms with Gasteiger partial charge in [-0.05, 0) is 25.5 Å². The number of carbonyl (C=O) groups excluding carboxylic acids is 1. The average molecular weight is 219 g/mol. The summed E-state index contributed by atoms with van der Waals surface area (Å²) >= 11 is 0. The van der Waals surface area contributed by atoms with Crippen molar-refractivity contribution in [2.24, 2.45) is 0 Å². The summed E-state index contributed by atoms with van der Waals surface area (Å²) < 4.78 is 0. The second kappa shape index (κ2) is 4.61. The van der Waals surface area contributed by atoms with Crippen molar-refractivity contribution < 1.29 is 4.79 Å². The van der Waals surface area contributed by atoms with Gasteiger partial charge in [-0.2, -0.15) is 0 Å². The number of pyridine rings is 1. The molecule has 1 saturated heterocycles. The lowest BCUT2D eigenvalue weighted by atomic mass is 10.1. The first kappa shape index (κ1) is 11.1. The topological polar surface area (TPSA) is 45.2 Å². The summed E-state index contributed by atoms with van der Waals surface area (Å²) in [7, 11) is 0. The van der Waals surface area contributed by atoms with Crippen LogP contribution >= 0.6 is 0 Å². The number of hydrogen-bond donors (Lipinski definition) is 1. The van der Waals surface area contributed by atoms with E-state index >= 15 is 0 Å². The van der Waals surface area contributed by atoms with Crippen molar-refractivity contribution in [2.45, 2.75) is 19.9 Å². The first-order valence-corrected chi connectivity index (χ1v) is 5.62. The van der Waals surface area contributed by atoms with E-state index in [1.807, 2.05) is 17.9 Å². The fraction of sp³-hybridized carbons (Fsp3) is 0.500. The van der Waals surface area contributed by atoms with Gasteiger partial charge in [0.15, 0.2) is 0 Å². The Morgan fingerprint density at radius 3 is 3.06 bits per heavy atom. The van der Waals surface area contributed by atoms with Gasteiger partial charge in [0.1, 0.15) is 0 Å². The molecule has 0 radical (unpaired) electrons. The molecule has 2 heterocycles. The fourth-order valence-corrected chi connectivity index (χ4v) is 1.98. The van der Waals surface area contributed by atoms with Gasteiger partial charge in [0.2, 0.25) is 0 Å². The molecule has 86 valence electrons. The molecule has 1 aromatic rings. The first-order valence-electron chi connectivity index (χ1n) is 5.62. The number of piperazine rings is 1. The molecular weight excluding hydrogens is 202 g/mol. The smallest absolute Gasteiger partial charge is 0.255 e. The zero-order valence-corrected chi connectivity index (χ0v) is 9.73. The van der Waals surface area contributed by atoms with E-state index in [2.05, 4.69) is 17.2 Å². The number of aromatic nitrogens is 1. The number of aryl methyl sites for hydroxylation is 1. The third-order valence-corrected chi connectivity index (χ3v) is 2.88. The second-order valence-electron chi connectivity index (χ2n) is 4.30. The van der Waals surface area contributed by atoms with Crippen molar-refractivity contribution in [1.82, 2.24) is 15.2 Å². The summed E-state index contributed by atoms with van der Waals surface area (Å²) in [5.74, 6) is 0.0881. The molecule has 1 amide bonds. The van der Waals surface area contributed by atoms with Crippen molar-refractivity contribution in [3.8, 4) is 0 Å². The van der Waals surface area contributed by atoms with Gasteiger partial charge in [0.05, 0.1) is 5.56 Å². The molecule has 16 heavy (non-hydrogen) atoms. The minimum Gasteiger partial charge on any atom is -0.333 e. The summed E-state index contributed by atoms with van der Waals surface area (Å²) in [6.07, 6.45) is 3.40. The van der Waals surface area contributed by atoms with E-state index in [4.69, 9.17) is 0 Å². The average Bonchev–Trinajstić information content (AvgIpc) is 2.29. The van der Waals surface area contributed by atoms with Gasteiger partial charge in [0, 0.05) is 38.1 Å². The van der Waals surface area contributed by atoms with Crippen LogP contribution in [0.1, 0.15) is 22.8 Å². The van der Waals surface area contributed by atoms with Gasteiger partial charge < -0.3 is 10.2 Å². The number of nitrogens with zero attached hydrogens (tertiary/aromatic N) is 2. The van der Waals surface area contributed by atoms with Crippen LogP contribution in [-0.4, -0.2) is 41.5 Å². The summed E-state index contributed by atoms with van der Waals surface area (Å²) in [6, 6.07) is 2.14. The van der Waals surface area contributed by atoms with Gasteiger partial charge in [-0.3, -0.25) is 9.78 Å². The predicted molar refractivity (Wildman–Crippen MR) is 62.3 cm³/mol. The van der Waals surface area contributed by atoms with E-state index in [1.165, 1.54) is 0 Å². The van der Waals surface area contributed by atoms with Gasteiger partial charge in [-0.25, -0.2) is 0 Å². The van der Waals surface area contributed by atoms with Gasteiger partial charge in [-0.15, -0.1) is 0 Å². The lowest BCUT2D eigenvalue weighted by molar-refractivity contribution is 0.0655. The molecule has 1 atom stereocenters. The molecule has 0 spiro atoms. The van der Waals surface area contributed by atoms with Crippen LogP contribution in [0, 0.1) is 6.92 Å². The number of nitrogens with one attached hydrogen (secondary N) is 1. The van der Waals surface area contributed by atoms with Gasteiger partial charge in [0.25, 0.3) is 5.91 Å². The fourth-order valence-electron chi connectivity index (χ4n) is 1.98. The lowest BCUT2D eigenvalue weighted by Crippen LogP contribution is -2.52. The molecule has 4 heteroatoms. The Morgan fingerprint density at radius 2 is 2.38 bits per heavy atom. The van der Waals surface area contributed by atoms with Crippen LogP contribution < -0.4 is 5.32 Å². The predicted octanol–water partition coefficient (Wildman–Crippen LogP) is 0.824. The monoisotopic (exact) mass is 219 g/mol. The number of amides is 1. The molecule has 0 bridgehead atoms. The first-order chi connectivity index (χ1) is 7.68. The molecule has 0 aliphatic carbocycles. The zero-order chi connectivity index (χ0) is 11.5. The molecule has 1 aliphatic heterocycles. The Hall–Kier alpha value is -1.42. The maximum absolute atomic E-state index is 12.2. The Bertz CT molecular complexity index is 392. The molecule has 1 unspecified atom stereocenters. The van der Waals surface area contributed by atoms with Crippen LogP contribution in [-0.2, 0) is 0 Å². The van der Waals surface area contributed by atoms with E-state index in [0.29, 0.717) is 5.56 Å². The third-order valence-electron chi connectivity index (χ3n) is 2.88. The Morgan fingerprint density at radius 1 is 1.56 bits per heavy atom. The largest absolute Gasteiger partial charge is 0.333 e. The van der Waals surface area contributed by atoms with Crippen molar-refractivity contribution in [3.05, 3.63) is 29.6 Å². The Labute approximate surface area is 95.7 Å². The standard InChI is InChI=1S/C12H17N3O/c1-9-5-11(8-14-6-9)12(16)15-4-3-13-7-10(15)2/h5-6,8,10,13H,3-4,7H2,1-2H3. The maximum atomic E-state index is 12.2. The number of rotatable bonds is 1. The molecule has 1 fully saturated rings. The van der Waals surface area contributed by atoms with E-state index in [0.717, 1.165) is 25.2 Å². The van der Waals surface area contributed by atoms with Gasteiger partial charge in [-0.1, -0.05) is 0 Å². The molecule has 4 nitrogen and oxygen atoms in total. The minimum absolute atomic E-state index is 0.0881. The van der Waals surface area contributed by atoms with Crippen LogP contribution in [0.3, 0.4) is 0 Å². The van der Waals surface area contributed by atoms with Crippen molar-refractivity contribution in [3.63, 3.8) is 0 Å². The summed E-state index contributed by atoms with van der Waals surface area (Å²) in [6.45, 7) is 6.52. The summed E-state index contributed by atoms with van der Waals surface area (Å²) in [5.41, 5.74) is 1.71. The number of carbonyl (C=O) groups is 1. The van der Waals surface area contributed by atoms with E-state index in [9.17, 15) is 4.79 Å². The Balaban J connectivity index is 2.17. The highest BCUT2D eigenvalue weighted by molar-refractivity contribution is 5.94. The molecule has 2 rings (SSSR count). The molecule has 1 aliphatic rings. The lowest BCUT2D eigenvalue weighted by Gasteiger charge is -2.34. The zero-order valence-electron chi connectivity index (χ0n) is 9.73. The van der Waals surface area contributed by atoms with Crippen molar-refractivity contribution in [1.29, 1.82) is 0 Å². The maximum Gasteiger partial charge on any atom is 0.255 e. The highest BCUT2D eigenvalue weighted by Gasteiger charge is 2.23. The summed E-state index contributed by atoms with van der Waals surface area (Å²) in [5, 5.41) is 3.27. The molecule has 0 saturated carbocycles. The minimum atomic E-state index is 0.0881. The van der Waals surface area contributed by atoms with Crippen LogP contribution in [0.4, 0.5) is 0 Å². The van der Waals surface area contributed by atoms with Crippen LogP contribution in [0.25, 0.3) is 0 Å². The van der Waals surface area contributed by atoms with Crippen molar-refractivity contribution >= 4 is 5.91 Å². The van der Waals surface area contributed by atoms with Crippen LogP contribution in [0.2, 0.25) is 0 Å². The second-order valence-corrected chi connectivity index (χ2v) is 4.30. The SMILES string of the molecule is Cc1cncc(C(=O)N2CCNCC2C)c1. The molecular formula is C12H17N3O. The third kappa shape index (κ3) is 2.22. The Kier molecular flexibility index (Phi) is 3.19. The highest BCUT2D eigenvalue weighted by atomic mass is 16.2. The highest BCUT2D eigenvalue weighted by Crippen LogP contribution is 2.10. The quantitative estimate of drug-likeness (QED) is 0.760. The van der Waals surface area contributed by atoms with Crippen LogP contribution in [0.15, 0.2) is 18.5 Å². The normalized spacial score (nSPS) is 20.9. The van der Waals surface area contributed by atoms with E-state index in [-0.39, 0.29) is 11.9 Å². The van der Waals surface area contributed by atoms with Gasteiger partial charge >= 0.3 is 0 Å². The van der Waals surface area contributed by atoms with E-state index < -0.39 is 0 Å². The molecule has 1 N–H and O–H groups in total. The molecule has 0 aromatic carbocycles. The van der Waals surface area contributed by atoms with E-state index in [1.54, 1.807) is 12.4 Å².